The number of anilines is 2. The first kappa shape index (κ1) is 22.2. The van der Waals surface area contributed by atoms with Crippen molar-refractivity contribution in [3.8, 4) is 5.75 Å². The minimum Gasteiger partial charge on any atom is -0.495 e. The van der Waals surface area contributed by atoms with Crippen molar-refractivity contribution in [2.24, 2.45) is 0 Å². The summed E-state index contributed by atoms with van der Waals surface area (Å²) in [6.07, 6.45) is 0.730. The molecule has 3 aromatic rings. The van der Waals surface area contributed by atoms with Crippen molar-refractivity contribution in [3.05, 3.63) is 84.4 Å². The van der Waals surface area contributed by atoms with E-state index in [1.807, 2.05) is 30.3 Å². The van der Waals surface area contributed by atoms with Crippen molar-refractivity contribution in [1.29, 1.82) is 0 Å². The maximum atomic E-state index is 12.8. The lowest BCUT2D eigenvalue weighted by Crippen LogP contribution is -2.26. The van der Waals surface area contributed by atoms with Crippen LogP contribution in [-0.4, -0.2) is 34.5 Å². The predicted octanol–water partition coefficient (Wildman–Crippen LogP) is 3.73. The van der Waals surface area contributed by atoms with Gasteiger partial charge in [0.15, 0.2) is 0 Å². The average molecular weight is 440 g/mol. The van der Waals surface area contributed by atoms with Gasteiger partial charge in [-0.2, -0.15) is 0 Å². The van der Waals surface area contributed by atoms with Gasteiger partial charge in [-0.15, -0.1) is 0 Å². The van der Waals surface area contributed by atoms with Gasteiger partial charge in [0.1, 0.15) is 5.75 Å². The van der Waals surface area contributed by atoms with Gasteiger partial charge in [-0.1, -0.05) is 36.4 Å². The van der Waals surface area contributed by atoms with Crippen molar-refractivity contribution in [2.45, 2.75) is 11.3 Å². The van der Waals surface area contributed by atoms with Crippen LogP contribution in [0.2, 0.25) is 0 Å². The number of carbonyl (C=O) groups excluding carboxylic acids is 1. The molecule has 0 atom stereocenters. The zero-order chi connectivity index (χ0) is 22.1. The molecule has 162 valence electrons. The first-order valence-corrected chi connectivity index (χ1v) is 11.3. The highest BCUT2D eigenvalue weighted by molar-refractivity contribution is 7.92. The van der Waals surface area contributed by atoms with Crippen molar-refractivity contribution in [1.82, 2.24) is 5.32 Å². The summed E-state index contributed by atoms with van der Waals surface area (Å²) in [5, 5.41) is 6.09. The van der Waals surface area contributed by atoms with E-state index in [4.69, 9.17) is 4.74 Å². The van der Waals surface area contributed by atoms with E-state index < -0.39 is 10.0 Å². The molecule has 0 saturated heterocycles. The Morgan fingerprint density at radius 2 is 1.65 bits per heavy atom. The zero-order valence-corrected chi connectivity index (χ0v) is 18.0. The maximum Gasteiger partial charge on any atom is 0.262 e. The van der Waals surface area contributed by atoms with Crippen LogP contribution < -0.4 is 20.1 Å². The summed E-state index contributed by atoms with van der Waals surface area (Å²) in [5.74, 6) is 0.0816. The van der Waals surface area contributed by atoms with E-state index >= 15 is 0 Å². The second-order valence-corrected chi connectivity index (χ2v) is 8.42. The Morgan fingerprint density at radius 1 is 0.903 bits per heavy atom. The normalized spacial score (nSPS) is 10.9. The van der Waals surface area contributed by atoms with Crippen molar-refractivity contribution in [2.75, 3.05) is 30.2 Å². The molecule has 0 bridgehead atoms. The highest BCUT2D eigenvalue weighted by atomic mass is 32.2. The molecule has 1 amide bonds. The Labute approximate surface area is 182 Å². The van der Waals surface area contributed by atoms with Gasteiger partial charge in [-0.3, -0.25) is 9.52 Å². The highest BCUT2D eigenvalue weighted by Crippen LogP contribution is 2.26. The van der Waals surface area contributed by atoms with E-state index in [2.05, 4.69) is 15.4 Å². The van der Waals surface area contributed by atoms with Gasteiger partial charge in [-0.25, -0.2) is 8.42 Å². The Kier molecular flexibility index (Phi) is 7.50. The second kappa shape index (κ2) is 10.5. The molecule has 0 saturated carbocycles. The number of hydrogen-bond donors (Lipinski definition) is 3. The molecule has 0 radical (unpaired) electrons. The van der Waals surface area contributed by atoms with Crippen LogP contribution in [0.25, 0.3) is 0 Å². The molecule has 7 nitrogen and oxygen atoms in total. The second-order valence-electron chi connectivity index (χ2n) is 6.74. The van der Waals surface area contributed by atoms with Crippen molar-refractivity contribution in [3.63, 3.8) is 0 Å². The van der Waals surface area contributed by atoms with Crippen LogP contribution in [0.3, 0.4) is 0 Å². The van der Waals surface area contributed by atoms with Crippen LogP contribution in [0.5, 0.6) is 5.75 Å². The van der Waals surface area contributed by atoms with Gasteiger partial charge < -0.3 is 15.4 Å². The van der Waals surface area contributed by atoms with Crippen LogP contribution in [0.1, 0.15) is 16.8 Å². The first-order chi connectivity index (χ1) is 15.0. The molecule has 8 heteroatoms. The minimum absolute atomic E-state index is 0.00296. The standard InChI is InChI=1S/C23H25N3O4S/c1-30-22-14-6-5-13-21(22)26-31(28,29)20-12-7-9-18(17-20)23(27)25-16-8-15-24-19-10-3-2-4-11-19/h2-7,9-14,17,24,26H,8,15-16H2,1H3,(H,25,27). The number of ether oxygens (including phenoxy) is 1. The summed E-state index contributed by atoms with van der Waals surface area (Å²) in [6, 6.07) is 22.5. The molecular formula is C23H25N3O4S. The zero-order valence-electron chi connectivity index (χ0n) is 17.2. The van der Waals surface area contributed by atoms with Crippen LogP contribution in [0, 0.1) is 0 Å². The summed E-state index contributed by atoms with van der Waals surface area (Å²) in [5.41, 5.74) is 1.62. The van der Waals surface area contributed by atoms with Crippen LogP contribution >= 0.6 is 0 Å². The molecule has 0 fully saturated rings. The summed E-state index contributed by atoms with van der Waals surface area (Å²) in [4.78, 5) is 12.4. The first-order valence-electron chi connectivity index (χ1n) is 9.82. The van der Waals surface area contributed by atoms with Gasteiger partial charge in [0.25, 0.3) is 15.9 Å². The lowest BCUT2D eigenvalue weighted by Gasteiger charge is -2.12. The molecule has 31 heavy (non-hydrogen) atoms. The lowest BCUT2D eigenvalue weighted by atomic mass is 10.2. The monoisotopic (exact) mass is 439 g/mol. The quantitative estimate of drug-likeness (QED) is 0.418. The molecule has 0 aliphatic heterocycles. The van der Waals surface area contributed by atoms with E-state index in [0.717, 1.165) is 12.1 Å². The van der Waals surface area contributed by atoms with E-state index in [1.165, 1.54) is 19.2 Å². The third-order valence-electron chi connectivity index (χ3n) is 4.50. The van der Waals surface area contributed by atoms with Crippen molar-refractivity contribution < 1.29 is 17.9 Å². The van der Waals surface area contributed by atoms with E-state index in [-0.39, 0.29) is 16.4 Å². The Hall–Kier alpha value is -3.52. The van der Waals surface area contributed by atoms with Crippen molar-refractivity contribution >= 4 is 27.3 Å². The van der Waals surface area contributed by atoms with Gasteiger partial charge in [0.2, 0.25) is 0 Å². The number of amides is 1. The smallest absolute Gasteiger partial charge is 0.262 e. The number of hydrogen-bond acceptors (Lipinski definition) is 5. The molecule has 0 aliphatic carbocycles. The molecular weight excluding hydrogens is 414 g/mol. The molecule has 0 aromatic heterocycles. The van der Waals surface area contributed by atoms with Crippen LogP contribution in [0.15, 0.2) is 83.8 Å². The molecule has 3 aromatic carbocycles. The third-order valence-corrected chi connectivity index (χ3v) is 5.86. The topological polar surface area (TPSA) is 96.5 Å². The van der Waals surface area contributed by atoms with Gasteiger partial charge in [-0.05, 0) is 48.9 Å². The fraction of sp³-hybridized carbons (Fsp3) is 0.174. The predicted molar refractivity (Wildman–Crippen MR) is 122 cm³/mol. The highest BCUT2D eigenvalue weighted by Gasteiger charge is 2.18. The molecule has 3 N–H and O–H groups in total. The van der Waals surface area contributed by atoms with E-state index in [1.54, 1.807) is 36.4 Å². The number of sulfonamides is 1. The molecule has 0 unspecified atom stereocenters. The van der Waals surface area contributed by atoms with Gasteiger partial charge >= 0.3 is 0 Å². The SMILES string of the molecule is COc1ccccc1NS(=O)(=O)c1cccc(C(=O)NCCCNc2ccccc2)c1. The Balaban J connectivity index is 1.57. The average Bonchev–Trinajstić information content (AvgIpc) is 2.79. The van der Waals surface area contributed by atoms with E-state index in [9.17, 15) is 13.2 Å². The summed E-state index contributed by atoms with van der Waals surface area (Å²) in [7, 11) is -2.42. The molecule has 0 heterocycles. The fourth-order valence-corrected chi connectivity index (χ4v) is 4.03. The number of para-hydroxylation sites is 3. The number of nitrogens with one attached hydrogen (secondary N) is 3. The fourth-order valence-electron chi connectivity index (χ4n) is 2.92. The lowest BCUT2D eigenvalue weighted by molar-refractivity contribution is 0.0953. The number of carbonyl (C=O) groups is 1. The largest absolute Gasteiger partial charge is 0.495 e. The minimum atomic E-state index is -3.88. The van der Waals surface area contributed by atoms with Gasteiger partial charge in [0.05, 0.1) is 17.7 Å². The third kappa shape index (κ3) is 6.23. The van der Waals surface area contributed by atoms with Gasteiger partial charge in [0, 0.05) is 24.3 Å². The number of benzene rings is 3. The summed E-state index contributed by atoms with van der Waals surface area (Å²) in [6.45, 7) is 1.18. The Bertz CT molecular complexity index is 1120. The molecule has 0 aliphatic rings. The molecule has 3 rings (SSSR count). The molecule has 0 spiro atoms. The maximum absolute atomic E-state index is 12.8. The Morgan fingerprint density at radius 3 is 2.42 bits per heavy atom. The van der Waals surface area contributed by atoms with Crippen LogP contribution in [0.4, 0.5) is 11.4 Å². The number of methoxy groups -OCH3 is 1. The van der Waals surface area contributed by atoms with E-state index in [0.29, 0.717) is 24.5 Å². The van der Waals surface area contributed by atoms with Crippen LogP contribution in [-0.2, 0) is 10.0 Å². The summed E-state index contributed by atoms with van der Waals surface area (Å²) >= 11 is 0. The number of rotatable bonds is 10. The summed E-state index contributed by atoms with van der Waals surface area (Å²) < 4.78 is 33.2.